The number of hydrogen-bond acceptors (Lipinski definition) is 4. The number of oxazole rings is 1. The molecule has 6 nitrogen and oxygen atoms in total. The molecule has 0 aliphatic carbocycles. The summed E-state index contributed by atoms with van der Waals surface area (Å²) < 4.78 is 44.8. The summed E-state index contributed by atoms with van der Waals surface area (Å²) in [7, 11) is 0. The minimum Gasteiger partial charge on any atom is -0.444 e. The second-order valence-electron chi connectivity index (χ2n) is 5.73. The lowest BCUT2D eigenvalue weighted by atomic mass is 10.2. The van der Waals surface area contributed by atoms with E-state index in [0.717, 1.165) is 11.6 Å². The van der Waals surface area contributed by atoms with Gasteiger partial charge in [-0.1, -0.05) is 18.2 Å². The highest BCUT2D eigenvalue weighted by atomic mass is 19.2. The molecule has 0 saturated heterocycles. The Morgan fingerprint density at radius 1 is 0.964 bits per heavy atom. The fourth-order valence-electron chi connectivity index (χ4n) is 2.32. The van der Waals surface area contributed by atoms with Crippen molar-refractivity contribution >= 4 is 17.5 Å². The molecule has 28 heavy (non-hydrogen) atoms. The van der Waals surface area contributed by atoms with Crippen LogP contribution in [-0.4, -0.2) is 23.3 Å². The van der Waals surface area contributed by atoms with E-state index < -0.39 is 41.5 Å². The fourth-order valence-corrected chi connectivity index (χ4v) is 2.32. The Bertz CT molecular complexity index is 1010. The summed E-state index contributed by atoms with van der Waals surface area (Å²) in [5.74, 6) is -5.55. The normalized spacial score (nSPS) is 10.5. The topological polar surface area (TPSA) is 84.2 Å². The van der Waals surface area contributed by atoms with Gasteiger partial charge >= 0.3 is 0 Å². The Hall–Kier alpha value is -3.62. The van der Waals surface area contributed by atoms with Crippen LogP contribution in [0.2, 0.25) is 0 Å². The summed E-state index contributed by atoms with van der Waals surface area (Å²) >= 11 is 0. The molecule has 1 aromatic heterocycles. The number of halogens is 3. The number of nitrogens with zero attached hydrogens (tertiary/aromatic N) is 1. The average Bonchev–Trinajstić information content (AvgIpc) is 3.16. The van der Waals surface area contributed by atoms with Crippen LogP contribution in [0.25, 0.3) is 11.5 Å². The van der Waals surface area contributed by atoms with Gasteiger partial charge < -0.3 is 15.1 Å². The smallest absolute Gasteiger partial charge is 0.243 e. The van der Waals surface area contributed by atoms with E-state index in [1.807, 2.05) is 18.2 Å². The monoisotopic (exact) mass is 389 g/mol. The first-order chi connectivity index (χ1) is 13.4. The van der Waals surface area contributed by atoms with Gasteiger partial charge in [0.1, 0.15) is 6.26 Å². The molecule has 0 fully saturated rings. The van der Waals surface area contributed by atoms with Crippen molar-refractivity contribution in [3.63, 3.8) is 0 Å². The Kier molecular flexibility index (Phi) is 5.73. The Labute approximate surface area is 157 Å². The van der Waals surface area contributed by atoms with Crippen molar-refractivity contribution < 1.29 is 27.2 Å². The van der Waals surface area contributed by atoms with E-state index in [1.54, 1.807) is 12.1 Å². The van der Waals surface area contributed by atoms with Gasteiger partial charge in [0.15, 0.2) is 17.5 Å². The third-order valence-electron chi connectivity index (χ3n) is 3.67. The van der Waals surface area contributed by atoms with Gasteiger partial charge in [-0.25, -0.2) is 18.2 Å². The predicted octanol–water partition coefficient (Wildman–Crippen LogP) is 3.06. The van der Waals surface area contributed by atoms with Crippen molar-refractivity contribution in [1.29, 1.82) is 0 Å². The van der Waals surface area contributed by atoms with E-state index >= 15 is 0 Å². The van der Waals surface area contributed by atoms with Crippen LogP contribution in [0.5, 0.6) is 0 Å². The molecule has 3 aromatic rings. The predicted molar refractivity (Wildman–Crippen MR) is 93.6 cm³/mol. The van der Waals surface area contributed by atoms with E-state index in [0.29, 0.717) is 17.7 Å². The maximum Gasteiger partial charge on any atom is 0.243 e. The van der Waals surface area contributed by atoms with E-state index in [1.165, 1.54) is 6.26 Å². The number of carbonyl (C=O) groups is 2. The number of nitrogens with one attached hydrogen (secondary N) is 2. The Balaban J connectivity index is 1.51. The molecular formula is C19H14F3N3O3. The zero-order valence-corrected chi connectivity index (χ0v) is 14.3. The van der Waals surface area contributed by atoms with Crippen LogP contribution in [0, 0.1) is 17.5 Å². The van der Waals surface area contributed by atoms with Crippen LogP contribution < -0.4 is 10.6 Å². The molecule has 0 unspecified atom stereocenters. The van der Waals surface area contributed by atoms with Crippen LogP contribution >= 0.6 is 0 Å². The van der Waals surface area contributed by atoms with Crippen LogP contribution in [-0.2, 0) is 16.0 Å². The molecular weight excluding hydrogens is 375 g/mol. The molecule has 1 heterocycles. The number of amides is 2. The minimum atomic E-state index is -1.69. The Morgan fingerprint density at radius 2 is 1.71 bits per heavy atom. The van der Waals surface area contributed by atoms with Crippen LogP contribution in [0.1, 0.15) is 5.69 Å². The van der Waals surface area contributed by atoms with Crippen molar-refractivity contribution in [3.8, 4) is 11.5 Å². The van der Waals surface area contributed by atoms with E-state index in [-0.39, 0.29) is 6.42 Å². The highest BCUT2D eigenvalue weighted by Crippen LogP contribution is 2.19. The molecule has 0 radical (unpaired) electrons. The summed E-state index contributed by atoms with van der Waals surface area (Å²) in [6, 6.07) is 10.7. The summed E-state index contributed by atoms with van der Waals surface area (Å²) in [5.41, 5.74) is 0.590. The van der Waals surface area contributed by atoms with Gasteiger partial charge in [-0.3, -0.25) is 9.59 Å². The van der Waals surface area contributed by atoms with E-state index in [9.17, 15) is 22.8 Å². The third-order valence-corrected chi connectivity index (χ3v) is 3.67. The highest BCUT2D eigenvalue weighted by molar-refractivity contribution is 5.94. The van der Waals surface area contributed by atoms with Crippen molar-refractivity contribution in [2.24, 2.45) is 0 Å². The number of rotatable bonds is 6. The molecule has 0 atom stereocenters. The van der Waals surface area contributed by atoms with Crippen LogP contribution in [0.4, 0.5) is 18.9 Å². The lowest BCUT2D eigenvalue weighted by Crippen LogP contribution is -2.34. The summed E-state index contributed by atoms with van der Waals surface area (Å²) in [5, 5.41) is 4.38. The molecule has 0 aliphatic heterocycles. The summed E-state index contributed by atoms with van der Waals surface area (Å²) in [4.78, 5) is 27.9. The maximum absolute atomic E-state index is 13.5. The average molecular weight is 389 g/mol. The third kappa shape index (κ3) is 4.56. The quantitative estimate of drug-likeness (QED) is 0.635. The van der Waals surface area contributed by atoms with Crippen LogP contribution in [0.15, 0.2) is 53.1 Å². The molecule has 9 heteroatoms. The maximum atomic E-state index is 13.5. The minimum absolute atomic E-state index is 0.136. The molecule has 3 rings (SSSR count). The molecule has 144 valence electrons. The zero-order valence-electron chi connectivity index (χ0n) is 14.3. The second kappa shape index (κ2) is 8.38. The summed E-state index contributed by atoms with van der Waals surface area (Å²) in [6.45, 7) is -0.485. The standard InChI is InChI=1S/C19H14F3N3O3/c20-13-6-7-14(18(22)17(13)21)25-16(27)9-23-15(26)8-12-10-28-19(24-12)11-4-2-1-3-5-11/h1-7,10H,8-9H2,(H,23,26)(H,25,27). The van der Waals surface area contributed by atoms with Gasteiger partial charge in [0.2, 0.25) is 17.7 Å². The first kappa shape index (κ1) is 19.2. The van der Waals surface area contributed by atoms with Crippen LogP contribution in [0.3, 0.4) is 0 Å². The van der Waals surface area contributed by atoms with Crippen molar-refractivity contribution in [2.45, 2.75) is 6.42 Å². The second-order valence-corrected chi connectivity index (χ2v) is 5.73. The zero-order chi connectivity index (χ0) is 20.1. The van der Waals surface area contributed by atoms with Gasteiger partial charge in [-0.05, 0) is 24.3 Å². The molecule has 0 bridgehead atoms. The Morgan fingerprint density at radius 3 is 2.46 bits per heavy atom. The van der Waals surface area contributed by atoms with E-state index in [2.05, 4.69) is 15.6 Å². The molecule has 2 amide bonds. The number of aromatic nitrogens is 1. The number of anilines is 1. The lowest BCUT2D eigenvalue weighted by Gasteiger charge is -2.08. The lowest BCUT2D eigenvalue weighted by molar-refractivity contribution is -0.123. The first-order valence-electron chi connectivity index (χ1n) is 8.14. The molecule has 0 saturated carbocycles. The number of carbonyl (C=O) groups excluding carboxylic acids is 2. The van der Waals surface area contributed by atoms with Gasteiger partial charge in [0.05, 0.1) is 24.3 Å². The number of hydrogen-bond donors (Lipinski definition) is 2. The molecule has 0 spiro atoms. The van der Waals surface area contributed by atoms with Gasteiger partial charge in [0, 0.05) is 5.56 Å². The molecule has 0 aliphatic rings. The molecule has 2 N–H and O–H groups in total. The van der Waals surface area contributed by atoms with Crippen molar-refractivity contribution in [1.82, 2.24) is 10.3 Å². The highest BCUT2D eigenvalue weighted by Gasteiger charge is 2.16. The molecule has 2 aromatic carbocycles. The SMILES string of the molecule is O=C(Cc1coc(-c2ccccc2)n1)NCC(=O)Nc1ccc(F)c(F)c1F. The number of benzene rings is 2. The summed E-state index contributed by atoms with van der Waals surface area (Å²) in [6.07, 6.45) is 1.20. The van der Waals surface area contributed by atoms with Gasteiger partial charge in [-0.2, -0.15) is 0 Å². The van der Waals surface area contributed by atoms with E-state index in [4.69, 9.17) is 4.42 Å². The van der Waals surface area contributed by atoms with Crippen molar-refractivity contribution in [2.75, 3.05) is 11.9 Å². The largest absolute Gasteiger partial charge is 0.444 e. The van der Waals surface area contributed by atoms with Gasteiger partial charge in [0.25, 0.3) is 0 Å². The fraction of sp³-hybridized carbons (Fsp3) is 0.105. The van der Waals surface area contributed by atoms with Crippen molar-refractivity contribution in [3.05, 3.63) is 71.9 Å². The first-order valence-corrected chi connectivity index (χ1v) is 8.14. The van der Waals surface area contributed by atoms with Gasteiger partial charge in [-0.15, -0.1) is 0 Å².